The first-order valence-corrected chi connectivity index (χ1v) is 7.10. The molecule has 3 nitrogen and oxygen atoms in total. The fraction of sp³-hybridized carbons (Fsp3) is 0.438. The van der Waals surface area contributed by atoms with Crippen LogP contribution in [0.3, 0.4) is 0 Å². The maximum atomic E-state index is 12.8. The number of nitrogens with zero attached hydrogens (tertiary/aromatic N) is 2. The molecule has 2 aromatic rings. The molecule has 0 fully saturated rings. The van der Waals surface area contributed by atoms with Gasteiger partial charge in [0.1, 0.15) is 5.82 Å². The number of halogens is 1. The van der Waals surface area contributed by atoms with Crippen molar-refractivity contribution in [1.29, 1.82) is 0 Å². The highest BCUT2D eigenvalue weighted by atomic mass is 19.1. The Bertz CT molecular complexity index is 548. The van der Waals surface area contributed by atoms with Gasteiger partial charge in [0.05, 0.1) is 11.8 Å². The molecule has 0 spiro atoms. The summed E-state index contributed by atoms with van der Waals surface area (Å²) in [6.07, 6.45) is 1.51. The molecular formula is C16H21FN2O. The smallest absolute Gasteiger partial charge is 0.123 e. The van der Waals surface area contributed by atoms with E-state index in [0.717, 1.165) is 29.9 Å². The van der Waals surface area contributed by atoms with Crippen LogP contribution in [-0.2, 0) is 25.8 Å². The quantitative estimate of drug-likeness (QED) is 0.881. The predicted molar refractivity (Wildman–Crippen MR) is 77.1 cm³/mol. The van der Waals surface area contributed by atoms with Gasteiger partial charge in [-0.05, 0) is 43.5 Å². The lowest BCUT2D eigenvalue weighted by Gasteiger charge is -2.11. The molecule has 0 saturated heterocycles. The van der Waals surface area contributed by atoms with Gasteiger partial charge in [0.15, 0.2) is 0 Å². The second-order valence-corrected chi connectivity index (χ2v) is 4.98. The van der Waals surface area contributed by atoms with E-state index in [0.29, 0.717) is 12.8 Å². The molecule has 0 saturated carbocycles. The molecule has 1 atom stereocenters. The monoisotopic (exact) mass is 276 g/mol. The molecule has 0 radical (unpaired) electrons. The second-order valence-electron chi connectivity index (χ2n) is 4.98. The SMILES string of the molecule is CCc1cc(CC(O)Cc2ccc(F)cc2)n(CC)n1. The highest BCUT2D eigenvalue weighted by Crippen LogP contribution is 2.12. The van der Waals surface area contributed by atoms with Crippen LogP contribution < -0.4 is 0 Å². The van der Waals surface area contributed by atoms with E-state index in [9.17, 15) is 9.50 Å². The summed E-state index contributed by atoms with van der Waals surface area (Å²) in [4.78, 5) is 0. The summed E-state index contributed by atoms with van der Waals surface area (Å²) in [5, 5.41) is 14.7. The zero-order valence-corrected chi connectivity index (χ0v) is 12.0. The van der Waals surface area contributed by atoms with Crippen molar-refractivity contribution in [2.45, 2.75) is 45.8 Å². The van der Waals surface area contributed by atoms with E-state index in [4.69, 9.17) is 0 Å². The molecule has 0 bridgehead atoms. The van der Waals surface area contributed by atoms with Gasteiger partial charge in [-0.1, -0.05) is 19.1 Å². The molecule has 1 aromatic heterocycles. The molecular weight excluding hydrogens is 255 g/mol. The highest BCUT2D eigenvalue weighted by molar-refractivity contribution is 5.18. The molecule has 1 heterocycles. The summed E-state index contributed by atoms with van der Waals surface area (Å²) in [7, 11) is 0. The first-order chi connectivity index (χ1) is 9.62. The van der Waals surface area contributed by atoms with Gasteiger partial charge in [0.25, 0.3) is 0 Å². The average molecular weight is 276 g/mol. The molecule has 0 amide bonds. The van der Waals surface area contributed by atoms with Crippen molar-refractivity contribution in [3.05, 3.63) is 53.1 Å². The third kappa shape index (κ3) is 3.67. The molecule has 2 rings (SSSR count). The number of rotatable bonds is 6. The van der Waals surface area contributed by atoms with Crippen molar-refractivity contribution in [2.24, 2.45) is 0 Å². The van der Waals surface area contributed by atoms with Crippen LogP contribution in [0.4, 0.5) is 4.39 Å². The van der Waals surface area contributed by atoms with Crippen molar-refractivity contribution < 1.29 is 9.50 Å². The van der Waals surface area contributed by atoms with Gasteiger partial charge in [0.2, 0.25) is 0 Å². The summed E-state index contributed by atoms with van der Waals surface area (Å²) in [5.74, 6) is -0.250. The molecule has 0 aliphatic rings. The van der Waals surface area contributed by atoms with E-state index in [1.54, 1.807) is 12.1 Å². The summed E-state index contributed by atoms with van der Waals surface area (Å²) in [6.45, 7) is 4.92. The molecule has 1 unspecified atom stereocenters. The van der Waals surface area contributed by atoms with Crippen LogP contribution >= 0.6 is 0 Å². The van der Waals surface area contributed by atoms with E-state index < -0.39 is 6.10 Å². The molecule has 1 N–H and O–H groups in total. The minimum absolute atomic E-state index is 0.250. The Morgan fingerprint density at radius 3 is 2.50 bits per heavy atom. The van der Waals surface area contributed by atoms with E-state index in [1.165, 1.54) is 12.1 Å². The number of aliphatic hydroxyl groups is 1. The standard InChI is InChI=1S/C16H21FN2O/c1-3-14-10-15(19(4-2)18-14)11-16(20)9-12-5-7-13(17)8-6-12/h5-8,10,16,20H,3-4,9,11H2,1-2H3. The van der Waals surface area contributed by atoms with Crippen LogP contribution in [0.5, 0.6) is 0 Å². The molecule has 4 heteroatoms. The predicted octanol–water partition coefficient (Wildman–Crippen LogP) is 2.75. The number of aryl methyl sites for hydroxylation is 2. The Kier molecular flexibility index (Phi) is 4.90. The van der Waals surface area contributed by atoms with Crippen LogP contribution in [0.2, 0.25) is 0 Å². The zero-order chi connectivity index (χ0) is 14.5. The Balaban J connectivity index is 2.02. The number of hydrogen-bond acceptors (Lipinski definition) is 2. The van der Waals surface area contributed by atoms with Gasteiger partial charge >= 0.3 is 0 Å². The maximum Gasteiger partial charge on any atom is 0.123 e. The number of aliphatic hydroxyl groups excluding tert-OH is 1. The van der Waals surface area contributed by atoms with Gasteiger partial charge in [-0.25, -0.2) is 4.39 Å². The van der Waals surface area contributed by atoms with Crippen molar-refractivity contribution in [1.82, 2.24) is 9.78 Å². The molecule has 20 heavy (non-hydrogen) atoms. The lowest BCUT2D eigenvalue weighted by Crippen LogP contribution is -2.16. The largest absolute Gasteiger partial charge is 0.392 e. The van der Waals surface area contributed by atoms with Gasteiger partial charge in [-0.15, -0.1) is 0 Å². The summed E-state index contributed by atoms with van der Waals surface area (Å²) >= 11 is 0. The van der Waals surface area contributed by atoms with E-state index in [1.807, 2.05) is 11.6 Å². The van der Waals surface area contributed by atoms with Crippen molar-refractivity contribution >= 4 is 0 Å². The van der Waals surface area contributed by atoms with Crippen LogP contribution in [-0.4, -0.2) is 21.0 Å². The Hall–Kier alpha value is -1.68. The Morgan fingerprint density at radius 2 is 1.90 bits per heavy atom. The van der Waals surface area contributed by atoms with Gasteiger partial charge < -0.3 is 5.11 Å². The normalized spacial score (nSPS) is 12.6. The van der Waals surface area contributed by atoms with E-state index in [-0.39, 0.29) is 5.82 Å². The fourth-order valence-corrected chi connectivity index (χ4v) is 2.33. The first kappa shape index (κ1) is 14.7. The van der Waals surface area contributed by atoms with Crippen LogP contribution in [0, 0.1) is 5.82 Å². The molecule has 0 aliphatic carbocycles. The Labute approximate surface area is 119 Å². The van der Waals surface area contributed by atoms with E-state index in [2.05, 4.69) is 18.1 Å². The topological polar surface area (TPSA) is 38.0 Å². The summed E-state index contributed by atoms with van der Waals surface area (Å²) in [5.41, 5.74) is 3.05. The number of benzene rings is 1. The number of hydrogen-bond donors (Lipinski definition) is 1. The van der Waals surface area contributed by atoms with Crippen molar-refractivity contribution in [3.63, 3.8) is 0 Å². The van der Waals surface area contributed by atoms with E-state index >= 15 is 0 Å². The lowest BCUT2D eigenvalue weighted by molar-refractivity contribution is 0.172. The average Bonchev–Trinajstić information content (AvgIpc) is 2.83. The maximum absolute atomic E-state index is 12.8. The Morgan fingerprint density at radius 1 is 1.20 bits per heavy atom. The summed E-state index contributed by atoms with van der Waals surface area (Å²) in [6, 6.07) is 8.33. The minimum atomic E-state index is -0.479. The van der Waals surface area contributed by atoms with Gasteiger partial charge in [-0.3, -0.25) is 4.68 Å². The lowest BCUT2D eigenvalue weighted by atomic mass is 10.0. The van der Waals surface area contributed by atoms with Crippen LogP contribution in [0.15, 0.2) is 30.3 Å². The van der Waals surface area contributed by atoms with Crippen molar-refractivity contribution in [2.75, 3.05) is 0 Å². The molecule has 0 aliphatic heterocycles. The highest BCUT2D eigenvalue weighted by Gasteiger charge is 2.12. The second kappa shape index (κ2) is 6.66. The third-order valence-electron chi connectivity index (χ3n) is 3.41. The summed E-state index contributed by atoms with van der Waals surface area (Å²) < 4.78 is 14.8. The fourth-order valence-electron chi connectivity index (χ4n) is 2.33. The van der Waals surface area contributed by atoms with Gasteiger partial charge in [0, 0.05) is 18.7 Å². The minimum Gasteiger partial charge on any atom is -0.392 e. The van der Waals surface area contributed by atoms with Crippen LogP contribution in [0.1, 0.15) is 30.8 Å². The van der Waals surface area contributed by atoms with Crippen LogP contribution in [0.25, 0.3) is 0 Å². The zero-order valence-electron chi connectivity index (χ0n) is 12.0. The molecule has 1 aromatic carbocycles. The third-order valence-corrected chi connectivity index (χ3v) is 3.41. The van der Waals surface area contributed by atoms with Gasteiger partial charge in [-0.2, -0.15) is 5.10 Å². The number of aromatic nitrogens is 2. The molecule has 108 valence electrons. The van der Waals surface area contributed by atoms with Crippen molar-refractivity contribution in [3.8, 4) is 0 Å². The first-order valence-electron chi connectivity index (χ1n) is 7.10.